The smallest absolute Gasteiger partial charge is 0.266 e. The van der Waals surface area contributed by atoms with E-state index in [0.717, 1.165) is 37.1 Å². The van der Waals surface area contributed by atoms with Crippen LogP contribution in [0.4, 0.5) is 0 Å². The standard InChI is InChI=1S/C13H16N4OS/c1-9-6-15-16-12(9)10-4-2-3-5-17(10)13(18)11-7-14-8-19-11/h6-8,10H,2-5H2,1H3,(H,15,16)/t10-/m0/s1. The Bertz CT molecular complexity index is 563. The van der Waals surface area contributed by atoms with Crippen LogP contribution in [0.3, 0.4) is 0 Å². The average molecular weight is 276 g/mol. The number of nitrogens with zero attached hydrogens (tertiary/aromatic N) is 3. The number of nitrogens with one attached hydrogen (secondary N) is 1. The Morgan fingerprint density at radius 3 is 3.05 bits per heavy atom. The molecule has 1 amide bonds. The van der Waals surface area contributed by atoms with Gasteiger partial charge in [-0.1, -0.05) is 0 Å². The molecule has 19 heavy (non-hydrogen) atoms. The number of carbonyl (C=O) groups is 1. The molecular weight excluding hydrogens is 260 g/mol. The van der Waals surface area contributed by atoms with Crippen molar-refractivity contribution >= 4 is 17.2 Å². The van der Waals surface area contributed by atoms with Gasteiger partial charge in [-0.2, -0.15) is 5.10 Å². The summed E-state index contributed by atoms with van der Waals surface area (Å²) in [7, 11) is 0. The van der Waals surface area contributed by atoms with Crippen LogP contribution in [0.1, 0.15) is 46.2 Å². The molecule has 1 N–H and O–H groups in total. The van der Waals surface area contributed by atoms with Crippen molar-refractivity contribution in [2.45, 2.75) is 32.2 Å². The first kappa shape index (κ1) is 12.3. The number of aromatic amines is 1. The van der Waals surface area contributed by atoms with Gasteiger partial charge in [0, 0.05) is 6.54 Å². The summed E-state index contributed by atoms with van der Waals surface area (Å²) in [4.78, 5) is 19.2. The third-order valence-electron chi connectivity index (χ3n) is 3.61. The lowest BCUT2D eigenvalue weighted by atomic mass is 9.97. The lowest BCUT2D eigenvalue weighted by molar-refractivity contribution is 0.0610. The molecule has 0 aromatic carbocycles. The molecular formula is C13H16N4OS. The normalized spacial score (nSPS) is 19.6. The molecule has 1 fully saturated rings. The number of aromatic nitrogens is 3. The van der Waals surface area contributed by atoms with Gasteiger partial charge in [-0.25, -0.2) is 0 Å². The van der Waals surface area contributed by atoms with Gasteiger partial charge in [0.2, 0.25) is 0 Å². The van der Waals surface area contributed by atoms with E-state index >= 15 is 0 Å². The quantitative estimate of drug-likeness (QED) is 0.917. The van der Waals surface area contributed by atoms with Crippen molar-refractivity contribution in [1.82, 2.24) is 20.1 Å². The number of carbonyl (C=O) groups excluding carboxylic acids is 1. The van der Waals surface area contributed by atoms with Crippen molar-refractivity contribution in [3.05, 3.63) is 34.0 Å². The minimum atomic E-state index is 0.0844. The van der Waals surface area contributed by atoms with Crippen LogP contribution in [-0.2, 0) is 0 Å². The topological polar surface area (TPSA) is 61.9 Å². The van der Waals surface area contributed by atoms with Crippen molar-refractivity contribution < 1.29 is 4.79 Å². The third kappa shape index (κ3) is 2.28. The van der Waals surface area contributed by atoms with Crippen LogP contribution in [0.5, 0.6) is 0 Å². The molecule has 3 heterocycles. The third-order valence-corrected chi connectivity index (χ3v) is 4.37. The van der Waals surface area contributed by atoms with Crippen LogP contribution in [0.2, 0.25) is 0 Å². The van der Waals surface area contributed by atoms with Gasteiger partial charge in [-0.15, -0.1) is 11.3 Å². The number of piperidine rings is 1. The zero-order valence-electron chi connectivity index (χ0n) is 10.8. The summed E-state index contributed by atoms with van der Waals surface area (Å²) >= 11 is 1.40. The van der Waals surface area contributed by atoms with Crippen LogP contribution in [0.15, 0.2) is 17.9 Å². The molecule has 0 bridgehead atoms. The molecule has 6 heteroatoms. The first-order valence-electron chi connectivity index (χ1n) is 6.46. The Labute approximate surface area is 115 Å². The summed E-state index contributed by atoms with van der Waals surface area (Å²) < 4.78 is 0. The highest BCUT2D eigenvalue weighted by molar-refractivity contribution is 7.11. The lowest BCUT2D eigenvalue weighted by Crippen LogP contribution is -2.38. The van der Waals surface area contributed by atoms with Gasteiger partial charge < -0.3 is 4.90 Å². The Morgan fingerprint density at radius 1 is 1.47 bits per heavy atom. The fourth-order valence-corrected chi connectivity index (χ4v) is 3.21. The van der Waals surface area contributed by atoms with E-state index in [1.165, 1.54) is 11.3 Å². The highest BCUT2D eigenvalue weighted by atomic mass is 32.1. The van der Waals surface area contributed by atoms with E-state index in [2.05, 4.69) is 15.2 Å². The average Bonchev–Trinajstić information content (AvgIpc) is 3.09. The van der Waals surface area contributed by atoms with Crippen LogP contribution < -0.4 is 0 Å². The summed E-state index contributed by atoms with van der Waals surface area (Å²) in [5.41, 5.74) is 3.89. The molecule has 100 valence electrons. The number of hydrogen-bond acceptors (Lipinski definition) is 4. The zero-order valence-corrected chi connectivity index (χ0v) is 11.6. The Morgan fingerprint density at radius 2 is 2.37 bits per heavy atom. The molecule has 1 saturated heterocycles. The number of rotatable bonds is 2. The number of H-pyrrole nitrogens is 1. The molecule has 1 atom stereocenters. The van der Waals surface area contributed by atoms with E-state index in [-0.39, 0.29) is 11.9 Å². The highest BCUT2D eigenvalue weighted by Crippen LogP contribution is 2.32. The molecule has 3 rings (SSSR count). The first-order valence-corrected chi connectivity index (χ1v) is 7.34. The van der Waals surface area contributed by atoms with Gasteiger partial charge in [0.1, 0.15) is 4.88 Å². The van der Waals surface area contributed by atoms with Crippen LogP contribution in [0, 0.1) is 6.92 Å². The van der Waals surface area contributed by atoms with Crippen molar-refractivity contribution in [3.63, 3.8) is 0 Å². The van der Waals surface area contributed by atoms with Gasteiger partial charge in [-0.05, 0) is 31.7 Å². The van der Waals surface area contributed by atoms with Gasteiger partial charge in [-0.3, -0.25) is 14.9 Å². The van der Waals surface area contributed by atoms with Gasteiger partial charge in [0.05, 0.1) is 29.6 Å². The number of likely N-dealkylation sites (tertiary alicyclic amines) is 1. The lowest BCUT2D eigenvalue weighted by Gasteiger charge is -2.35. The van der Waals surface area contributed by atoms with E-state index in [9.17, 15) is 4.79 Å². The van der Waals surface area contributed by atoms with Gasteiger partial charge >= 0.3 is 0 Å². The monoisotopic (exact) mass is 276 g/mol. The number of thiazole rings is 1. The molecule has 2 aromatic heterocycles. The SMILES string of the molecule is Cc1cn[nH]c1[C@@H]1CCCCN1C(=O)c1cncs1. The van der Waals surface area contributed by atoms with E-state index in [0.29, 0.717) is 4.88 Å². The summed E-state index contributed by atoms with van der Waals surface area (Å²) in [6.45, 7) is 2.84. The van der Waals surface area contributed by atoms with E-state index in [4.69, 9.17) is 0 Å². The van der Waals surface area contributed by atoms with Gasteiger partial charge in [0.15, 0.2) is 0 Å². The second kappa shape index (κ2) is 5.13. The Hall–Kier alpha value is -1.69. The van der Waals surface area contributed by atoms with E-state index in [1.807, 2.05) is 18.0 Å². The Kier molecular flexibility index (Phi) is 3.33. The van der Waals surface area contributed by atoms with E-state index < -0.39 is 0 Å². The van der Waals surface area contributed by atoms with Crippen molar-refractivity contribution in [2.24, 2.45) is 0 Å². The Balaban J connectivity index is 1.90. The summed E-state index contributed by atoms with van der Waals surface area (Å²) in [6, 6.07) is 0.117. The van der Waals surface area contributed by atoms with Crippen molar-refractivity contribution in [1.29, 1.82) is 0 Å². The number of hydrogen-bond donors (Lipinski definition) is 1. The molecule has 0 unspecified atom stereocenters. The molecule has 5 nitrogen and oxygen atoms in total. The molecule has 1 aliphatic heterocycles. The predicted octanol–water partition coefficient (Wildman–Crippen LogP) is 2.54. The fourth-order valence-electron chi connectivity index (χ4n) is 2.63. The van der Waals surface area contributed by atoms with E-state index in [1.54, 1.807) is 11.7 Å². The van der Waals surface area contributed by atoms with Crippen LogP contribution in [0.25, 0.3) is 0 Å². The second-order valence-corrected chi connectivity index (χ2v) is 5.73. The minimum Gasteiger partial charge on any atom is -0.329 e. The molecule has 0 radical (unpaired) electrons. The maximum atomic E-state index is 12.5. The molecule has 0 aliphatic carbocycles. The fraction of sp³-hybridized carbons (Fsp3) is 0.462. The maximum Gasteiger partial charge on any atom is 0.266 e. The first-order chi connectivity index (χ1) is 9.27. The highest BCUT2D eigenvalue weighted by Gasteiger charge is 2.31. The predicted molar refractivity (Wildman–Crippen MR) is 73.1 cm³/mol. The molecule has 0 saturated carbocycles. The largest absolute Gasteiger partial charge is 0.329 e. The molecule has 0 spiro atoms. The maximum absolute atomic E-state index is 12.5. The number of amides is 1. The molecule has 2 aromatic rings. The molecule has 1 aliphatic rings. The summed E-state index contributed by atoms with van der Waals surface area (Å²) in [5, 5.41) is 7.13. The second-order valence-electron chi connectivity index (χ2n) is 4.84. The van der Waals surface area contributed by atoms with Gasteiger partial charge in [0.25, 0.3) is 5.91 Å². The number of aryl methyl sites for hydroxylation is 1. The van der Waals surface area contributed by atoms with Crippen molar-refractivity contribution in [3.8, 4) is 0 Å². The van der Waals surface area contributed by atoms with Crippen LogP contribution >= 0.6 is 11.3 Å². The van der Waals surface area contributed by atoms with Crippen LogP contribution in [-0.4, -0.2) is 32.5 Å². The van der Waals surface area contributed by atoms with Crippen molar-refractivity contribution in [2.75, 3.05) is 6.54 Å². The summed E-state index contributed by atoms with van der Waals surface area (Å²) in [5.74, 6) is 0.0844. The zero-order chi connectivity index (χ0) is 13.2. The summed E-state index contributed by atoms with van der Waals surface area (Å²) in [6.07, 6.45) is 6.68. The minimum absolute atomic E-state index is 0.0844.